The molecule has 1 aliphatic rings. The van der Waals surface area contributed by atoms with Gasteiger partial charge >= 0.3 is 0 Å². The summed E-state index contributed by atoms with van der Waals surface area (Å²) in [4.78, 5) is 14.1. The molecule has 1 fully saturated rings. The van der Waals surface area contributed by atoms with Gasteiger partial charge in [-0.3, -0.25) is 0 Å². The first-order valence-electron chi connectivity index (χ1n) is 9.80. The minimum Gasteiger partial charge on any atom is -0.378 e. The number of fused-ring (bicyclic) bond motifs is 1. The summed E-state index contributed by atoms with van der Waals surface area (Å²) in [6.45, 7) is 2.77. The lowest BCUT2D eigenvalue weighted by Crippen LogP contribution is -2.36. The smallest absolute Gasteiger partial charge is 0.229 e. The van der Waals surface area contributed by atoms with Gasteiger partial charge < -0.3 is 25.3 Å². The summed E-state index contributed by atoms with van der Waals surface area (Å²) in [5.74, 6) is 0.726. The van der Waals surface area contributed by atoms with Gasteiger partial charge in [0.15, 0.2) is 0 Å². The molecule has 0 aliphatic carbocycles. The molecule has 30 heavy (non-hydrogen) atoms. The summed E-state index contributed by atoms with van der Waals surface area (Å²) in [6, 6.07) is 14.7. The largest absolute Gasteiger partial charge is 0.378 e. The number of halogens is 1. The van der Waals surface area contributed by atoms with Crippen LogP contribution in [0.5, 0.6) is 0 Å². The Hall–Kier alpha value is -3.65. The number of nitrogens with one attached hydrogen (secondary N) is 3. The number of hydrogen-bond acceptors (Lipinski definition) is 6. The molecule has 2 aromatic heterocycles. The molecule has 7 nitrogen and oxygen atoms in total. The Balaban J connectivity index is 1.34. The van der Waals surface area contributed by atoms with E-state index in [-0.39, 0.29) is 5.82 Å². The molecular formula is C22H21FN6O. The number of nitrogens with zero attached hydrogens (tertiary/aromatic N) is 3. The van der Waals surface area contributed by atoms with Gasteiger partial charge in [0.05, 0.1) is 13.2 Å². The van der Waals surface area contributed by atoms with Crippen molar-refractivity contribution in [2.75, 3.05) is 41.8 Å². The van der Waals surface area contributed by atoms with Gasteiger partial charge in [0.1, 0.15) is 11.6 Å². The van der Waals surface area contributed by atoms with Crippen LogP contribution in [-0.4, -0.2) is 41.3 Å². The van der Waals surface area contributed by atoms with Crippen molar-refractivity contribution < 1.29 is 9.13 Å². The summed E-state index contributed by atoms with van der Waals surface area (Å²) in [5, 5.41) is 7.51. The molecule has 1 saturated heterocycles. The van der Waals surface area contributed by atoms with Gasteiger partial charge in [0.25, 0.3) is 0 Å². The van der Waals surface area contributed by atoms with E-state index >= 15 is 0 Å². The van der Waals surface area contributed by atoms with Crippen LogP contribution in [0.15, 0.2) is 60.9 Å². The highest BCUT2D eigenvalue weighted by Gasteiger charge is 2.13. The maximum absolute atomic E-state index is 14.2. The van der Waals surface area contributed by atoms with Crippen molar-refractivity contribution in [2.24, 2.45) is 0 Å². The molecule has 152 valence electrons. The molecule has 2 aromatic carbocycles. The third-order valence-electron chi connectivity index (χ3n) is 5.00. The molecular weight excluding hydrogens is 383 g/mol. The first-order valence-corrected chi connectivity index (χ1v) is 9.80. The molecule has 3 heterocycles. The van der Waals surface area contributed by atoms with Crippen molar-refractivity contribution in [3.05, 3.63) is 66.7 Å². The maximum atomic E-state index is 14.2. The molecule has 0 bridgehead atoms. The van der Waals surface area contributed by atoms with E-state index in [4.69, 9.17) is 4.74 Å². The van der Waals surface area contributed by atoms with Crippen LogP contribution in [0.4, 0.5) is 33.2 Å². The number of H-pyrrole nitrogens is 1. The Morgan fingerprint density at radius 2 is 1.87 bits per heavy atom. The van der Waals surface area contributed by atoms with E-state index in [2.05, 4.69) is 30.5 Å². The zero-order chi connectivity index (χ0) is 20.3. The highest BCUT2D eigenvalue weighted by atomic mass is 19.1. The van der Waals surface area contributed by atoms with Gasteiger partial charge in [0, 0.05) is 53.4 Å². The predicted molar refractivity (Wildman–Crippen MR) is 116 cm³/mol. The summed E-state index contributed by atoms with van der Waals surface area (Å²) in [6.07, 6.45) is 3.57. The van der Waals surface area contributed by atoms with Crippen molar-refractivity contribution >= 4 is 39.7 Å². The van der Waals surface area contributed by atoms with Crippen LogP contribution in [0, 0.1) is 5.82 Å². The molecule has 5 rings (SSSR count). The monoisotopic (exact) mass is 404 g/mol. The van der Waals surface area contributed by atoms with Crippen LogP contribution in [-0.2, 0) is 4.74 Å². The Kier molecular flexibility index (Phi) is 4.90. The molecule has 0 saturated carbocycles. The molecule has 8 heteroatoms. The summed E-state index contributed by atoms with van der Waals surface area (Å²) in [7, 11) is 0. The van der Waals surface area contributed by atoms with E-state index in [1.165, 1.54) is 12.1 Å². The van der Waals surface area contributed by atoms with Gasteiger partial charge in [0.2, 0.25) is 5.95 Å². The lowest BCUT2D eigenvalue weighted by atomic mass is 10.2. The number of rotatable bonds is 5. The summed E-state index contributed by atoms with van der Waals surface area (Å²) in [5.41, 5.74) is 3.41. The van der Waals surface area contributed by atoms with Crippen LogP contribution >= 0.6 is 0 Å². The molecule has 0 spiro atoms. The standard InChI is InChI=1S/C22H21FN6O/c23-16-12-18(14-19(13-16)29-7-9-30-10-8-29)27-22-25-6-4-21(28-22)26-17-1-2-20-15(11-17)3-5-24-20/h1-6,11-14,24H,7-10H2,(H2,25,26,27,28). The maximum Gasteiger partial charge on any atom is 0.229 e. The van der Waals surface area contributed by atoms with Crippen LogP contribution in [0.2, 0.25) is 0 Å². The minimum absolute atomic E-state index is 0.310. The Labute approximate surface area is 172 Å². The number of anilines is 5. The average molecular weight is 404 g/mol. The topological polar surface area (TPSA) is 78.1 Å². The van der Waals surface area contributed by atoms with Crippen LogP contribution in [0.3, 0.4) is 0 Å². The number of morpholine rings is 1. The molecule has 0 amide bonds. The fraction of sp³-hybridized carbons (Fsp3) is 0.182. The van der Waals surface area contributed by atoms with Gasteiger partial charge in [-0.2, -0.15) is 4.98 Å². The van der Waals surface area contributed by atoms with Crippen molar-refractivity contribution in [1.29, 1.82) is 0 Å². The minimum atomic E-state index is -0.310. The number of hydrogen-bond donors (Lipinski definition) is 3. The van der Waals surface area contributed by atoms with Gasteiger partial charge in [-0.05, 0) is 48.5 Å². The fourth-order valence-electron chi connectivity index (χ4n) is 3.55. The zero-order valence-electron chi connectivity index (χ0n) is 16.2. The molecule has 4 aromatic rings. The lowest BCUT2D eigenvalue weighted by molar-refractivity contribution is 0.122. The predicted octanol–water partition coefficient (Wildman–Crippen LogP) is 4.42. The zero-order valence-corrected chi connectivity index (χ0v) is 16.2. The van der Waals surface area contributed by atoms with Gasteiger partial charge in [-0.15, -0.1) is 0 Å². The van der Waals surface area contributed by atoms with E-state index in [1.54, 1.807) is 12.3 Å². The van der Waals surface area contributed by atoms with Gasteiger partial charge in [-0.25, -0.2) is 9.37 Å². The second-order valence-electron chi connectivity index (χ2n) is 7.09. The number of aromatic amines is 1. The third kappa shape index (κ3) is 4.04. The van der Waals surface area contributed by atoms with Crippen molar-refractivity contribution in [2.45, 2.75) is 0 Å². The van der Waals surface area contributed by atoms with E-state index in [0.29, 0.717) is 30.7 Å². The first kappa shape index (κ1) is 18.4. The Bertz CT molecular complexity index is 1170. The fourth-order valence-corrected chi connectivity index (χ4v) is 3.55. The van der Waals surface area contributed by atoms with Crippen LogP contribution < -0.4 is 15.5 Å². The molecule has 0 radical (unpaired) electrons. The first-order chi connectivity index (χ1) is 14.7. The summed E-state index contributed by atoms with van der Waals surface area (Å²) >= 11 is 0. The molecule has 3 N–H and O–H groups in total. The second kappa shape index (κ2) is 8.00. The number of aromatic nitrogens is 3. The Morgan fingerprint density at radius 3 is 2.77 bits per heavy atom. The quantitative estimate of drug-likeness (QED) is 0.457. The van der Waals surface area contributed by atoms with E-state index < -0.39 is 0 Å². The second-order valence-corrected chi connectivity index (χ2v) is 7.09. The molecule has 1 aliphatic heterocycles. The van der Waals surface area contributed by atoms with Crippen molar-refractivity contribution in [3.8, 4) is 0 Å². The number of ether oxygens (including phenoxy) is 1. The molecule has 0 unspecified atom stereocenters. The highest BCUT2D eigenvalue weighted by molar-refractivity contribution is 5.83. The number of benzene rings is 2. The van der Waals surface area contributed by atoms with E-state index in [1.807, 2.05) is 36.5 Å². The molecule has 0 atom stereocenters. The van der Waals surface area contributed by atoms with Gasteiger partial charge in [-0.1, -0.05) is 0 Å². The normalized spacial score (nSPS) is 14.1. The van der Waals surface area contributed by atoms with Crippen molar-refractivity contribution in [1.82, 2.24) is 15.0 Å². The summed E-state index contributed by atoms with van der Waals surface area (Å²) < 4.78 is 19.6. The van der Waals surface area contributed by atoms with E-state index in [0.717, 1.165) is 35.4 Å². The van der Waals surface area contributed by atoms with Crippen LogP contribution in [0.1, 0.15) is 0 Å². The third-order valence-corrected chi connectivity index (χ3v) is 5.00. The average Bonchev–Trinajstić information content (AvgIpc) is 3.22. The Morgan fingerprint density at radius 1 is 0.967 bits per heavy atom. The van der Waals surface area contributed by atoms with Crippen molar-refractivity contribution in [3.63, 3.8) is 0 Å². The highest BCUT2D eigenvalue weighted by Crippen LogP contribution is 2.25. The SMILES string of the molecule is Fc1cc(Nc2nccc(Nc3ccc4[nH]ccc4c3)n2)cc(N2CCOCC2)c1. The van der Waals surface area contributed by atoms with E-state index in [9.17, 15) is 4.39 Å². The lowest BCUT2D eigenvalue weighted by Gasteiger charge is -2.29. The van der Waals surface area contributed by atoms with Crippen LogP contribution in [0.25, 0.3) is 10.9 Å².